The second-order valence-corrected chi connectivity index (χ2v) is 12.3. The summed E-state index contributed by atoms with van der Waals surface area (Å²) in [6, 6.07) is 8.65. The molecule has 5 aliphatic carbocycles. The van der Waals surface area contributed by atoms with Crippen LogP contribution in [0.2, 0.25) is 0 Å². The maximum Gasteiger partial charge on any atom is 0.234 e. The van der Waals surface area contributed by atoms with Crippen molar-refractivity contribution >= 4 is 5.91 Å². The van der Waals surface area contributed by atoms with Crippen molar-refractivity contribution in [2.24, 2.45) is 23.7 Å². The Morgan fingerprint density at radius 3 is 2.32 bits per heavy atom. The standard InChI is InChI=1S/C30H44N2O5/c1-34-30(25-16-21-15-22(18-25)19-26(30)17-21)37-36-28-9-5-24(6-10-28)23-3-7-27(8-4-23)35-14-2-12-32-13-11-31-29(33)20-32/h3-4,7-8,21-22,24-26,28H,2,5-6,9-20H2,1H3,(H,31,33). The zero-order chi connectivity index (χ0) is 25.2. The van der Waals surface area contributed by atoms with Gasteiger partial charge in [-0.1, -0.05) is 12.1 Å². The van der Waals surface area contributed by atoms with E-state index in [4.69, 9.17) is 19.2 Å². The van der Waals surface area contributed by atoms with Crippen LogP contribution in [0.25, 0.3) is 0 Å². The van der Waals surface area contributed by atoms with Gasteiger partial charge in [0.05, 0.1) is 19.3 Å². The van der Waals surface area contributed by atoms with E-state index in [2.05, 4.69) is 34.5 Å². The molecule has 0 aromatic heterocycles. The number of nitrogens with one attached hydrogen (secondary N) is 1. The number of nitrogens with zero attached hydrogens (tertiary/aromatic N) is 1. The Morgan fingerprint density at radius 1 is 0.973 bits per heavy atom. The maximum absolute atomic E-state index is 11.5. The maximum atomic E-state index is 11.5. The van der Waals surface area contributed by atoms with Crippen LogP contribution in [0.15, 0.2) is 24.3 Å². The molecule has 4 bridgehead atoms. The summed E-state index contributed by atoms with van der Waals surface area (Å²) in [5, 5.41) is 2.87. The fourth-order valence-electron chi connectivity index (χ4n) is 8.18. The Balaban J connectivity index is 0.923. The third-order valence-electron chi connectivity index (χ3n) is 9.94. The molecular weight excluding hydrogens is 468 g/mol. The molecule has 204 valence electrons. The Bertz CT molecular complexity index is 885. The number of amides is 1. The number of hydrogen-bond donors (Lipinski definition) is 1. The van der Waals surface area contributed by atoms with Gasteiger partial charge in [-0.2, -0.15) is 0 Å². The van der Waals surface area contributed by atoms with Crippen molar-refractivity contribution in [2.45, 2.75) is 82.0 Å². The molecule has 6 aliphatic rings. The Hall–Kier alpha value is -1.67. The third-order valence-corrected chi connectivity index (χ3v) is 9.94. The molecule has 1 aromatic carbocycles. The van der Waals surface area contributed by atoms with Gasteiger partial charge in [0.2, 0.25) is 11.7 Å². The van der Waals surface area contributed by atoms with Gasteiger partial charge >= 0.3 is 0 Å². The molecule has 1 aliphatic heterocycles. The van der Waals surface area contributed by atoms with Crippen molar-refractivity contribution in [3.05, 3.63) is 29.8 Å². The van der Waals surface area contributed by atoms with E-state index in [1.165, 1.54) is 37.7 Å². The van der Waals surface area contributed by atoms with Gasteiger partial charge in [0.1, 0.15) is 5.75 Å². The number of hydrogen-bond acceptors (Lipinski definition) is 6. The van der Waals surface area contributed by atoms with Crippen molar-refractivity contribution in [3.8, 4) is 5.75 Å². The molecule has 7 nitrogen and oxygen atoms in total. The Morgan fingerprint density at radius 2 is 1.68 bits per heavy atom. The van der Waals surface area contributed by atoms with Crippen LogP contribution in [-0.4, -0.2) is 62.6 Å². The van der Waals surface area contributed by atoms with E-state index >= 15 is 0 Å². The van der Waals surface area contributed by atoms with E-state index in [1.807, 2.05) is 7.11 Å². The van der Waals surface area contributed by atoms with E-state index in [1.54, 1.807) is 0 Å². The molecular formula is C30H44N2O5. The quantitative estimate of drug-likeness (QED) is 0.213. The van der Waals surface area contributed by atoms with Gasteiger partial charge in [0.25, 0.3) is 0 Å². The molecule has 0 atom stereocenters. The normalized spacial score (nSPS) is 37.5. The van der Waals surface area contributed by atoms with Crippen molar-refractivity contribution in [2.75, 3.05) is 39.9 Å². The highest BCUT2D eigenvalue weighted by Crippen LogP contribution is 2.60. The molecule has 1 heterocycles. The van der Waals surface area contributed by atoms with Gasteiger partial charge in [0.15, 0.2) is 0 Å². The van der Waals surface area contributed by atoms with Crippen LogP contribution in [0.1, 0.15) is 75.7 Å². The number of rotatable bonds is 10. The molecule has 6 fully saturated rings. The number of carbonyl (C=O) groups is 1. The third kappa shape index (κ3) is 5.56. The van der Waals surface area contributed by atoms with E-state index in [0.29, 0.717) is 30.9 Å². The molecule has 1 N–H and O–H groups in total. The van der Waals surface area contributed by atoms with Gasteiger partial charge in [0, 0.05) is 38.6 Å². The smallest absolute Gasteiger partial charge is 0.234 e. The summed E-state index contributed by atoms with van der Waals surface area (Å²) in [5.41, 5.74) is 1.39. The van der Waals surface area contributed by atoms with E-state index < -0.39 is 5.79 Å². The molecule has 0 unspecified atom stereocenters. The first-order valence-corrected chi connectivity index (χ1v) is 14.7. The molecule has 7 heteroatoms. The molecule has 5 saturated carbocycles. The summed E-state index contributed by atoms with van der Waals surface area (Å²) in [6.07, 6.45) is 11.8. The van der Waals surface area contributed by atoms with Gasteiger partial charge in [-0.15, -0.1) is 0 Å². The van der Waals surface area contributed by atoms with Crippen molar-refractivity contribution in [1.29, 1.82) is 0 Å². The number of carbonyl (C=O) groups excluding carboxylic acids is 1. The predicted octanol–water partition coefficient (Wildman–Crippen LogP) is 4.66. The lowest BCUT2D eigenvalue weighted by Crippen LogP contribution is -2.60. The average molecular weight is 513 g/mol. The van der Waals surface area contributed by atoms with Crippen LogP contribution in [0.4, 0.5) is 0 Å². The molecule has 7 rings (SSSR count). The van der Waals surface area contributed by atoms with Gasteiger partial charge in [-0.3, -0.25) is 9.69 Å². The van der Waals surface area contributed by atoms with Crippen molar-refractivity contribution in [1.82, 2.24) is 10.2 Å². The molecule has 0 spiro atoms. The van der Waals surface area contributed by atoms with Gasteiger partial charge in [-0.25, -0.2) is 9.78 Å². The lowest BCUT2D eigenvalue weighted by Gasteiger charge is -2.58. The highest BCUT2D eigenvalue weighted by Gasteiger charge is 2.60. The highest BCUT2D eigenvalue weighted by molar-refractivity contribution is 5.78. The first-order valence-electron chi connectivity index (χ1n) is 14.7. The zero-order valence-electron chi connectivity index (χ0n) is 22.4. The van der Waals surface area contributed by atoms with Crippen LogP contribution in [0, 0.1) is 23.7 Å². The second kappa shape index (κ2) is 11.2. The first kappa shape index (κ1) is 25.6. The van der Waals surface area contributed by atoms with E-state index in [0.717, 1.165) is 69.3 Å². The Kier molecular flexibility index (Phi) is 7.76. The molecule has 1 amide bonds. The number of benzene rings is 1. The molecule has 1 saturated heterocycles. The number of ether oxygens (including phenoxy) is 2. The fraction of sp³-hybridized carbons (Fsp3) is 0.767. The second-order valence-electron chi connectivity index (χ2n) is 12.3. The minimum atomic E-state index is -0.511. The van der Waals surface area contributed by atoms with E-state index in [9.17, 15) is 4.79 Å². The van der Waals surface area contributed by atoms with E-state index in [-0.39, 0.29) is 12.0 Å². The minimum Gasteiger partial charge on any atom is -0.494 e. The molecule has 0 radical (unpaired) electrons. The fourth-order valence-corrected chi connectivity index (χ4v) is 8.18. The molecule has 37 heavy (non-hydrogen) atoms. The van der Waals surface area contributed by atoms with Crippen LogP contribution in [0.3, 0.4) is 0 Å². The molecule has 1 aromatic rings. The van der Waals surface area contributed by atoms with Crippen LogP contribution in [0.5, 0.6) is 5.75 Å². The number of piperazine rings is 1. The van der Waals surface area contributed by atoms with Crippen molar-refractivity contribution < 1.29 is 24.0 Å². The summed E-state index contributed by atoms with van der Waals surface area (Å²) in [7, 11) is 1.82. The summed E-state index contributed by atoms with van der Waals surface area (Å²) in [6.45, 7) is 3.75. The monoisotopic (exact) mass is 512 g/mol. The number of methoxy groups -OCH3 is 1. The lowest BCUT2D eigenvalue weighted by atomic mass is 9.53. The van der Waals surface area contributed by atoms with Gasteiger partial charge in [-0.05, 0) is 99.7 Å². The SMILES string of the molecule is COC1(OOC2CCC(c3ccc(OCCCN4CCNC(=O)C4)cc3)CC2)C2CC3CC(C2)CC1C3. The summed E-state index contributed by atoms with van der Waals surface area (Å²) >= 11 is 0. The topological polar surface area (TPSA) is 69.3 Å². The van der Waals surface area contributed by atoms with Crippen LogP contribution >= 0.6 is 0 Å². The predicted molar refractivity (Wildman–Crippen MR) is 140 cm³/mol. The lowest BCUT2D eigenvalue weighted by molar-refractivity contribution is -0.485. The Labute approximate surface area is 221 Å². The minimum absolute atomic E-state index is 0.123. The first-order chi connectivity index (χ1) is 18.1. The van der Waals surface area contributed by atoms with Crippen molar-refractivity contribution in [3.63, 3.8) is 0 Å². The summed E-state index contributed by atoms with van der Waals surface area (Å²) in [4.78, 5) is 26.1. The average Bonchev–Trinajstić information content (AvgIpc) is 2.92. The zero-order valence-corrected chi connectivity index (χ0v) is 22.4. The van der Waals surface area contributed by atoms with Crippen LogP contribution < -0.4 is 10.1 Å². The van der Waals surface area contributed by atoms with Gasteiger partial charge < -0.3 is 14.8 Å². The summed E-state index contributed by atoms with van der Waals surface area (Å²) < 4.78 is 12.1. The summed E-state index contributed by atoms with van der Waals surface area (Å²) in [5.74, 6) is 3.86. The largest absolute Gasteiger partial charge is 0.494 e. The highest BCUT2D eigenvalue weighted by atomic mass is 17.2. The van der Waals surface area contributed by atoms with Crippen LogP contribution in [-0.2, 0) is 19.3 Å².